The number of carbonyl (C=O) groups excluding carboxylic acids is 2. The van der Waals surface area contributed by atoms with Gasteiger partial charge < -0.3 is 5.11 Å². The van der Waals surface area contributed by atoms with Gasteiger partial charge >= 0.3 is 0 Å². The minimum atomic E-state index is -0.800. The minimum absolute atomic E-state index is 0.0575. The number of rotatable bonds is 3. The van der Waals surface area contributed by atoms with Crippen LogP contribution in [0.1, 0.15) is 49.1 Å². The average molecular weight is 505 g/mol. The lowest BCUT2D eigenvalue weighted by Crippen LogP contribution is -2.29. The summed E-state index contributed by atoms with van der Waals surface area (Å²) in [4.78, 5) is 32.2. The Balaban J connectivity index is 1.98. The molecule has 0 radical (unpaired) electrons. The summed E-state index contributed by atoms with van der Waals surface area (Å²) < 4.78 is 0.778. The molecule has 0 saturated carbocycles. The van der Waals surface area contributed by atoms with Crippen LogP contribution in [0.2, 0.25) is 0 Å². The van der Waals surface area contributed by atoms with E-state index in [1.165, 1.54) is 4.90 Å². The van der Waals surface area contributed by atoms with Crippen molar-refractivity contribution in [2.45, 2.75) is 39.2 Å². The molecule has 3 aromatic rings. The molecule has 4 rings (SSSR count). The van der Waals surface area contributed by atoms with Gasteiger partial charge in [-0.05, 0) is 59.4 Å². The van der Waals surface area contributed by atoms with Gasteiger partial charge in [0.25, 0.3) is 11.7 Å². The van der Waals surface area contributed by atoms with Crippen molar-refractivity contribution in [3.63, 3.8) is 0 Å². The molecular formula is C27H25BrN2O3. The van der Waals surface area contributed by atoms with Crippen LogP contribution < -0.4 is 4.90 Å². The van der Waals surface area contributed by atoms with Crippen molar-refractivity contribution < 1.29 is 14.7 Å². The Morgan fingerprint density at radius 2 is 1.82 bits per heavy atom. The van der Waals surface area contributed by atoms with Gasteiger partial charge in [0.15, 0.2) is 0 Å². The Bertz CT molecular complexity index is 1280. The van der Waals surface area contributed by atoms with Crippen molar-refractivity contribution in [1.29, 1.82) is 0 Å². The zero-order valence-corrected chi connectivity index (χ0v) is 20.6. The van der Waals surface area contributed by atoms with E-state index < -0.39 is 17.7 Å². The topological polar surface area (TPSA) is 70.5 Å². The summed E-state index contributed by atoms with van der Waals surface area (Å²) in [7, 11) is 0. The maximum atomic E-state index is 13.3. The molecule has 1 atom stereocenters. The summed E-state index contributed by atoms with van der Waals surface area (Å²) in [6.07, 6.45) is 3.25. The number of aliphatic hydroxyl groups is 1. The molecule has 33 heavy (non-hydrogen) atoms. The van der Waals surface area contributed by atoms with Crippen LogP contribution in [-0.4, -0.2) is 21.8 Å². The second-order valence-electron chi connectivity index (χ2n) is 9.22. The lowest BCUT2D eigenvalue weighted by atomic mass is 9.84. The van der Waals surface area contributed by atoms with Gasteiger partial charge in [-0.15, -0.1) is 0 Å². The molecule has 1 unspecified atom stereocenters. The number of halogens is 1. The zero-order chi connectivity index (χ0) is 23.9. The first-order valence-electron chi connectivity index (χ1n) is 10.7. The maximum absolute atomic E-state index is 13.3. The van der Waals surface area contributed by atoms with Crippen LogP contribution >= 0.6 is 15.9 Å². The van der Waals surface area contributed by atoms with Crippen molar-refractivity contribution in [1.82, 2.24) is 4.98 Å². The number of hydrogen-bond donors (Lipinski definition) is 1. The number of nitrogens with zero attached hydrogens (tertiary/aromatic N) is 2. The molecule has 1 aliphatic heterocycles. The third kappa shape index (κ3) is 4.23. The van der Waals surface area contributed by atoms with Gasteiger partial charge in [0.1, 0.15) is 5.76 Å². The molecule has 2 heterocycles. The first kappa shape index (κ1) is 22.9. The van der Waals surface area contributed by atoms with Crippen LogP contribution in [0.15, 0.2) is 77.0 Å². The van der Waals surface area contributed by atoms with Gasteiger partial charge in [-0.3, -0.25) is 19.5 Å². The first-order chi connectivity index (χ1) is 15.6. The fourth-order valence-corrected chi connectivity index (χ4v) is 4.45. The van der Waals surface area contributed by atoms with Crippen molar-refractivity contribution >= 4 is 39.1 Å². The second-order valence-corrected chi connectivity index (χ2v) is 10.1. The molecule has 5 nitrogen and oxygen atoms in total. The van der Waals surface area contributed by atoms with E-state index in [0.717, 1.165) is 15.6 Å². The summed E-state index contributed by atoms with van der Waals surface area (Å²) in [5.41, 5.74) is 3.49. The number of anilines is 1. The number of pyridine rings is 1. The predicted octanol–water partition coefficient (Wildman–Crippen LogP) is 6.08. The second kappa shape index (κ2) is 8.60. The number of hydrogen-bond acceptors (Lipinski definition) is 4. The van der Waals surface area contributed by atoms with E-state index in [-0.39, 0.29) is 16.7 Å². The van der Waals surface area contributed by atoms with Crippen LogP contribution in [0, 0.1) is 6.92 Å². The highest BCUT2D eigenvalue weighted by Gasteiger charge is 2.47. The van der Waals surface area contributed by atoms with Crippen LogP contribution in [0.25, 0.3) is 5.76 Å². The Hall–Kier alpha value is -3.25. The molecule has 1 saturated heterocycles. The molecule has 0 aliphatic carbocycles. The van der Waals surface area contributed by atoms with E-state index in [0.29, 0.717) is 16.8 Å². The van der Waals surface area contributed by atoms with Crippen molar-refractivity contribution in [3.8, 4) is 0 Å². The molecule has 1 aromatic heterocycles. The van der Waals surface area contributed by atoms with Crippen LogP contribution in [-0.2, 0) is 15.0 Å². The standard InChI is InChI=1S/C27H25BrN2O3/c1-16-10-11-18(27(2,3)4)13-21(16)24(31)22-23(17-7-6-12-29-15-17)30(26(33)25(22)32)20-9-5-8-19(28)14-20/h5-15,23,31H,1-4H3/b24-22+. The number of amides is 1. The molecule has 1 fully saturated rings. The van der Waals surface area contributed by atoms with Crippen molar-refractivity contribution in [2.75, 3.05) is 4.90 Å². The lowest BCUT2D eigenvalue weighted by Gasteiger charge is -2.26. The highest BCUT2D eigenvalue weighted by atomic mass is 79.9. The van der Waals surface area contributed by atoms with Crippen molar-refractivity contribution in [2.24, 2.45) is 0 Å². The normalized spacial score (nSPS) is 18.1. The maximum Gasteiger partial charge on any atom is 0.300 e. The third-order valence-corrected chi connectivity index (χ3v) is 6.38. The SMILES string of the molecule is Cc1ccc(C(C)(C)C)cc1/C(O)=C1\C(=O)C(=O)N(c2cccc(Br)c2)C1c1cccnc1. The van der Waals surface area contributed by atoms with E-state index in [1.807, 2.05) is 31.2 Å². The van der Waals surface area contributed by atoms with E-state index >= 15 is 0 Å². The van der Waals surface area contributed by atoms with E-state index in [4.69, 9.17) is 0 Å². The summed E-state index contributed by atoms with van der Waals surface area (Å²) in [5.74, 6) is -1.58. The highest BCUT2D eigenvalue weighted by Crippen LogP contribution is 2.43. The smallest absolute Gasteiger partial charge is 0.300 e. The fraction of sp³-hybridized carbons (Fsp3) is 0.222. The molecule has 0 bridgehead atoms. The Labute approximate surface area is 201 Å². The van der Waals surface area contributed by atoms with Gasteiger partial charge in [-0.25, -0.2) is 0 Å². The summed E-state index contributed by atoms with van der Waals surface area (Å²) in [5, 5.41) is 11.5. The molecule has 1 amide bonds. The van der Waals surface area contributed by atoms with Gasteiger partial charge in [-0.2, -0.15) is 0 Å². The molecule has 2 aromatic carbocycles. The van der Waals surface area contributed by atoms with Gasteiger partial charge in [0.05, 0.1) is 11.6 Å². The summed E-state index contributed by atoms with van der Waals surface area (Å²) in [6.45, 7) is 8.14. The van der Waals surface area contributed by atoms with Gasteiger partial charge in [0, 0.05) is 28.1 Å². The predicted molar refractivity (Wildman–Crippen MR) is 133 cm³/mol. The molecule has 0 spiro atoms. The van der Waals surface area contributed by atoms with Gasteiger partial charge in [0.2, 0.25) is 0 Å². The summed E-state index contributed by atoms with van der Waals surface area (Å²) >= 11 is 3.44. The van der Waals surface area contributed by atoms with E-state index in [2.05, 4.69) is 41.7 Å². The van der Waals surface area contributed by atoms with Crippen LogP contribution in [0.5, 0.6) is 0 Å². The lowest BCUT2D eigenvalue weighted by molar-refractivity contribution is -0.132. The zero-order valence-electron chi connectivity index (χ0n) is 19.0. The molecule has 1 N–H and O–H groups in total. The Morgan fingerprint density at radius 1 is 1.06 bits per heavy atom. The monoisotopic (exact) mass is 504 g/mol. The number of aromatic nitrogens is 1. The largest absolute Gasteiger partial charge is 0.507 e. The Morgan fingerprint density at radius 3 is 2.45 bits per heavy atom. The fourth-order valence-electron chi connectivity index (χ4n) is 4.07. The quantitative estimate of drug-likeness (QED) is 0.266. The number of benzene rings is 2. The molecule has 168 valence electrons. The van der Waals surface area contributed by atoms with Crippen LogP contribution in [0.4, 0.5) is 5.69 Å². The molecular weight excluding hydrogens is 480 g/mol. The van der Waals surface area contributed by atoms with Crippen molar-refractivity contribution in [3.05, 3.63) is 99.3 Å². The van der Waals surface area contributed by atoms with E-state index in [1.54, 1.807) is 42.7 Å². The number of Topliss-reactive ketones (excluding diaryl/α,β-unsaturated/α-hetero) is 1. The minimum Gasteiger partial charge on any atom is -0.507 e. The van der Waals surface area contributed by atoms with E-state index in [9.17, 15) is 14.7 Å². The number of aliphatic hydroxyl groups excluding tert-OH is 1. The Kier molecular flexibility index (Phi) is 5.97. The molecule has 1 aliphatic rings. The molecule has 6 heteroatoms. The summed E-state index contributed by atoms with van der Waals surface area (Å²) in [6, 6.07) is 15.8. The first-order valence-corrected chi connectivity index (χ1v) is 11.5. The average Bonchev–Trinajstić information content (AvgIpc) is 3.04. The third-order valence-electron chi connectivity index (χ3n) is 5.89. The van der Waals surface area contributed by atoms with Gasteiger partial charge in [-0.1, -0.05) is 61.0 Å². The highest BCUT2D eigenvalue weighted by molar-refractivity contribution is 9.10. The number of aryl methyl sites for hydroxylation is 1. The number of ketones is 1. The van der Waals surface area contributed by atoms with Crippen LogP contribution in [0.3, 0.4) is 0 Å². The number of carbonyl (C=O) groups is 2.